The van der Waals surface area contributed by atoms with Gasteiger partial charge in [0.05, 0.1) is 6.10 Å². The summed E-state index contributed by atoms with van der Waals surface area (Å²) in [6.07, 6.45) is 5.39. The zero-order chi connectivity index (χ0) is 16.7. The van der Waals surface area contributed by atoms with Gasteiger partial charge in [-0.2, -0.15) is 0 Å². The Hall–Kier alpha value is -0.980. The first-order valence-corrected chi connectivity index (χ1v) is 9.03. The highest BCUT2D eigenvalue weighted by atomic mass is 16.5. The minimum Gasteiger partial charge on any atom is -0.490 e. The molecule has 126 valence electrons. The summed E-state index contributed by atoms with van der Waals surface area (Å²) in [6.45, 7) is 15.9. The lowest BCUT2D eigenvalue weighted by atomic mass is 9.86. The minimum absolute atomic E-state index is 0.293. The number of aryl methyl sites for hydroxylation is 2. The molecule has 22 heavy (non-hydrogen) atoms. The van der Waals surface area contributed by atoms with Gasteiger partial charge in [-0.3, -0.25) is 0 Å². The molecule has 0 aliphatic carbocycles. The van der Waals surface area contributed by atoms with Crippen LogP contribution in [-0.2, 0) is 0 Å². The third-order valence-corrected chi connectivity index (χ3v) is 4.86. The first-order chi connectivity index (χ1) is 10.3. The average Bonchev–Trinajstić information content (AvgIpc) is 2.45. The van der Waals surface area contributed by atoms with Crippen molar-refractivity contribution in [1.29, 1.82) is 0 Å². The Balaban J connectivity index is 2.37. The molecular formula is C21H36O. The van der Waals surface area contributed by atoms with Crippen LogP contribution in [0.4, 0.5) is 0 Å². The lowest BCUT2D eigenvalue weighted by Gasteiger charge is -2.23. The van der Waals surface area contributed by atoms with Gasteiger partial charge >= 0.3 is 0 Å². The van der Waals surface area contributed by atoms with E-state index >= 15 is 0 Å². The van der Waals surface area contributed by atoms with Crippen LogP contribution in [0.1, 0.15) is 71.4 Å². The first-order valence-electron chi connectivity index (χ1n) is 9.03. The van der Waals surface area contributed by atoms with Crippen LogP contribution in [0.25, 0.3) is 0 Å². The summed E-state index contributed by atoms with van der Waals surface area (Å²) in [4.78, 5) is 0. The first kappa shape index (κ1) is 19.1. The molecule has 0 bridgehead atoms. The van der Waals surface area contributed by atoms with E-state index in [1.54, 1.807) is 0 Å². The van der Waals surface area contributed by atoms with Crippen LogP contribution in [0.15, 0.2) is 18.2 Å². The van der Waals surface area contributed by atoms with Crippen molar-refractivity contribution < 1.29 is 4.74 Å². The average molecular weight is 305 g/mol. The molecule has 0 aliphatic heterocycles. The molecular weight excluding hydrogens is 268 g/mol. The Morgan fingerprint density at radius 3 is 1.95 bits per heavy atom. The second kappa shape index (κ2) is 9.22. The topological polar surface area (TPSA) is 9.23 Å². The van der Waals surface area contributed by atoms with Crippen molar-refractivity contribution in [2.24, 2.45) is 17.8 Å². The monoisotopic (exact) mass is 304 g/mol. The molecule has 3 unspecified atom stereocenters. The van der Waals surface area contributed by atoms with Gasteiger partial charge in [0, 0.05) is 0 Å². The molecule has 0 spiro atoms. The molecule has 0 radical (unpaired) electrons. The molecule has 3 atom stereocenters. The molecule has 0 aromatic heterocycles. The van der Waals surface area contributed by atoms with Crippen LogP contribution >= 0.6 is 0 Å². The van der Waals surface area contributed by atoms with Crippen molar-refractivity contribution in [2.75, 3.05) is 0 Å². The van der Waals surface area contributed by atoms with Crippen LogP contribution in [-0.4, -0.2) is 6.10 Å². The van der Waals surface area contributed by atoms with Gasteiger partial charge in [-0.25, -0.2) is 0 Å². The maximum absolute atomic E-state index is 6.13. The van der Waals surface area contributed by atoms with Crippen molar-refractivity contribution >= 4 is 0 Å². The Morgan fingerprint density at radius 1 is 0.818 bits per heavy atom. The van der Waals surface area contributed by atoms with Crippen LogP contribution in [0, 0.1) is 31.6 Å². The molecule has 0 saturated heterocycles. The summed E-state index contributed by atoms with van der Waals surface area (Å²) in [6, 6.07) is 6.43. The summed E-state index contributed by atoms with van der Waals surface area (Å²) in [5.74, 6) is 3.46. The number of benzene rings is 1. The summed E-state index contributed by atoms with van der Waals surface area (Å²) >= 11 is 0. The summed E-state index contributed by atoms with van der Waals surface area (Å²) in [5.41, 5.74) is 2.54. The van der Waals surface area contributed by atoms with Crippen molar-refractivity contribution in [3.63, 3.8) is 0 Å². The number of hydrogen-bond donors (Lipinski definition) is 0. The van der Waals surface area contributed by atoms with Gasteiger partial charge in [0.2, 0.25) is 0 Å². The fourth-order valence-corrected chi connectivity index (χ4v) is 2.87. The lowest BCUT2D eigenvalue weighted by molar-refractivity contribution is 0.188. The molecule has 1 aromatic rings. The van der Waals surface area contributed by atoms with Gasteiger partial charge in [0.25, 0.3) is 0 Å². The molecule has 0 amide bonds. The van der Waals surface area contributed by atoms with Gasteiger partial charge in [-0.05, 0) is 63.0 Å². The maximum Gasteiger partial charge on any atom is 0.122 e. The van der Waals surface area contributed by atoms with Gasteiger partial charge < -0.3 is 4.74 Å². The Labute approximate surface area is 138 Å². The van der Waals surface area contributed by atoms with Gasteiger partial charge in [0.15, 0.2) is 0 Å². The van der Waals surface area contributed by atoms with Crippen LogP contribution < -0.4 is 4.74 Å². The smallest absolute Gasteiger partial charge is 0.122 e. The molecule has 0 aliphatic rings. The van der Waals surface area contributed by atoms with E-state index in [4.69, 9.17) is 4.74 Å². The zero-order valence-corrected chi connectivity index (χ0v) is 15.8. The highest BCUT2D eigenvalue weighted by Crippen LogP contribution is 2.26. The van der Waals surface area contributed by atoms with Crippen molar-refractivity contribution in [1.82, 2.24) is 0 Å². The van der Waals surface area contributed by atoms with Crippen molar-refractivity contribution in [3.05, 3.63) is 29.3 Å². The molecule has 1 heteroatoms. The third-order valence-electron chi connectivity index (χ3n) is 4.86. The third kappa shape index (κ3) is 6.85. The van der Waals surface area contributed by atoms with E-state index in [2.05, 4.69) is 66.7 Å². The quantitative estimate of drug-likeness (QED) is 0.502. The highest BCUT2D eigenvalue weighted by molar-refractivity contribution is 5.35. The number of ether oxygens (including phenoxy) is 1. The molecule has 1 aromatic carbocycles. The molecule has 1 rings (SSSR count). The maximum atomic E-state index is 6.13. The summed E-state index contributed by atoms with van der Waals surface area (Å²) in [5, 5.41) is 0. The Kier molecular flexibility index (Phi) is 8.00. The van der Waals surface area contributed by atoms with Crippen LogP contribution in [0.3, 0.4) is 0 Å². The number of hydrogen-bond acceptors (Lipinski definition) is 1. The van der Waals surface area contributed by atoms with Gasteiger partial charge in [-0.15, -0.1) is 0 Å². The standard InChI is InChI=1S/C21H36O/c1-15(2)8-10-17(4)18(5)11-12-20(7)22-21-13-9-16(3)14-19(21)6/h9,13-15,17-18,20H,8,10-12H2,1-7H3. The second-order valence-corrected chi connectivity index (χ2v) is 7.70. The molecule has 0 N–H and O–H groups in total. The predicted molar refractivity (Wildman–Crippen MR) is 97.6 cm³/mol. The predicted octanol–water partition coefficient (Wildman–Crippen LogP) is 6.56. The van der Waals surface area contributed by atoms with E-state index in [-0.39, 0.29) is 0 Å². The second-order valence-electron chi connectivity index (χ2n) is 7.70. The highest BCUT2D eigenvalue weighted by Gasteiger charge is 2.15. The fraction of sp³-hybridized carbons (Fsp3) is 0.714. The summed E-state index contributed by atoms with van der Waals surface area (Å²) in [7, 11) is 0. The van der Waals surface area contributed by atoms with E-state index < -0.39 is 0 Å². The van der Waals surface area contributed by atoms with E-state index in [1.165, 1.54) is 30.4 Å². The van der Waals surface area contributed by atoms with Crippen LogP contribution in [0.5, 0.6) is 5.75 Å². The van der Waals surface area contributed by atoms with Crippen LogP contribution in [0.2, 0.25) is 0 Å². The molecule has 0 heterocycles. The molecule has 0 saturated carbocycles. The minimum atomic E-state index is 0.293. The van der Waals surface area contributed by atoms with Crippen molar-refractivity contribution in [2.45, 2.75) is 80.3 Å². The Bertz CT molecular complexity index is 436. The zero-order valence-electron chi connectivity index (χ0n) is 15.8. The van der Waals surface area contributed by atoms with E-state index in [1.807, 2.05) is 0 Å². The van der Waals surface area contributed by atoms with Crippen molar-refractivity contribution in [3.8, 4) is 5.75 Å². The fourth-order valence-electron chi connectivity index (χ4n) is 2.87. The van der Waals surface area contributed by atoms with Gasteiger partial charge in [-0.1, -0.05) is 58.2 Å². The molecule has 0 fully saturated rings. The SMILES string of the molecule is Cc1ccc(OC(C)CCC(C)C(C)CCC(C)C)c(C)c1. The molecule has 1 nitrogen and oxygen atoms in total. The van der Waals surface area contributed by atoms with Gasteiger partial charge in [0.1, 0.15) is 5.75 Å². The summed E-state index contributed by atoms with van der Waals surface area (Å²) < 4.78 is 6.13. The van der Waals surface area contributed by atoms with E-state index in [0.717, 1.165) is 29.9 Å². The Morgan fingerprint density at radius 2 is 1.41 bits per heavy atom. The lowest BCUT2D eigenvalue weighted by Crippen LogP contribution is -2.16. The van der Waals surface area contributed by atoms with E-state index in [0.29, 0.717) is 6.10 Å². The normalized spacial score (nSPS) is 15.6. The number of rotatable bonds is 9. The van der Waals surface area contributed by atoms with E-state index in [9.17, 15) is 0 Å². The largest absolute Gasteiger partial charge is 0.490 e.